The van der Waals surface area contributed by atoms with Crippen LogP contribution in [-0.4, -0.2) is 12.6 Å². The smallest absolute Gasteiger partial charge is 0.312 e. The zero-order valence-corrected chi connectivity index (χ0v) is 6.39. The van der Waals surface area contributed by atoms with Crippen LogP contribution in [0.4, 0.5) is 0 Å². The highest BCUT2D eigenvalue weighted by Gasteiger charge is 2.28. The molecule has 2 nitrogen and oxygen atoms in total. The summed E-state index contributed by atoms with van der Waals surface area (Å²) in [5.74, 6) is -0.0995. The van der Waals surface area contributed by atoms with Crippen molar-refractivity contribution < 1.29 is 9.53 Å². The minimum Gasteiger partial charge on any atom is -0.461 e. The van der Waals surface area contributed by atoms with Gasteiger partial charge in [-0.2, -0.15) is 0 Å². The minimum absolute atomic E-state index is 0.0995. The van der Waals surface area contributed by atoms with E-state index < -0.39 is 0 Å². The lowest BCUT2D eigenvalue weighted by Gasteiger charge is -2.17. The van der Waals surface area contributed by atoms with Crippen LogP contribution in [0.5, 0.6) is 0 Å². The van der Waals surface area contributed by atoms with Crippen LogP contribution in [0.2, 0.25) is 0 Å². The van der Waals surface area contributed by atoms with Gasteiger partial charge in [-0.15, -0.1) is 0 Å². The molecule has 0 radical (unpaired) electrons. The summed E-state index contributed by atoms with van der Waals surface area (Å²) in [6.07, 6.45) is 4.66. The van der Waals surface area contributed by atoms with Crippen molar-refractivity contribution in [3.05, 3.63) is 12.2 Å². The van der Waals surface area contributed by atoms with Gasteiger partial charge < -0.3 is 4.74 Å². The molecule has 1 aliphatic heterocycles. The molecule has 0 aromatic heterocycles. The van der Waals surface area contributed by atoms with Gasteiger partial charge in [0.2, 0.25) is 0 Å². The number of hydrogen-bond acceptors (Lipinski definition) is 2. The van der Waals surface area contributed by atoms with Crippen molar-refractivity contribution in [2.75, 3.05) is 6.61 Å². The van der Waals surface area contributed by atoms with Crippen molar-refractivity contribution in [3.63, 3.8) is 0 Å². The van der Waals surface area contributed by atoms with E-state index in [9.17, 15) is 4.79 Å². The monoisotopic (exact) mass is 140 g/mol. The van der Waals surface area contributed by atoms with Crippen molar-refractivity contribution in [1.29, 1.82) is 0 Å². The van der Waals surface area contributed by atoms with Gasteiger partial charge in [-0.1, -0.05) is 12.2 Å². The van der Waals surface area contributed by atoms with E-state index in [1.54, 1.807) is 0 Å². The van der Waals surface area contributed by atoms with E-state index in [0.29, 0.717) is 6.61 Å². The fraction of sp³-hybridized carbons (Fsp3) is 0.625. The molecule has 0 fully saturated rings. The lowest BCUT2D eigenvalue weighted by Crippen LogP contribution is -2.24. The van der Waals surface area contributed by atoms with Gasteiger partial charge in [0, 0.05) is 0 Å². The number of hydrogen-bond donors (Lipinski definition) is 0. The molecule has 0 bridgehead atoms. The Morgan fingerprint density at radius 3 is 2.90 bits per heavy atom. The average molecular weight is 140 g/mol. The number of allylic oxidation sites excluding steroid dienone is 1. The number of cyclic esters (lactones) is 1. The Hall–Kier alpha value is -0.790. The number of carbonyl (C=O) groups is 1. The van der Waals surface area contributed by atoms with Gasteiger partial charge >= 0.3 is 5.97 Å². The van der Waals surface area contributed by atoms with Crippen molar-refractivity contribution in [2.24, 2.45) is 5.41 Å². The maximum absolute atomic E-state index is 11.1. The van der Waals surface area contributed by atoms with Crippen LogP contribution in [0.1, 0.15) is 20.3 Å². The summed E-state index contributed by atoms with van der Waals surface area (Å²) >= 11 is 0. The first-order valence-corrected chi connectivity index (χ1v) is 3.45. The Morgan fingerprint density at radius 1 is 1.50 bits per heavy atom. The second-order valence-electron chi connectivity index (χ2n) is 3.16. The highest BCUT2D eigenvalue weighted by Crippen LogP contribution is 2.24. The molecule has 56 valence electrons. The molecule has 0 saturated carbocycles. The molecule has 0 aliphatic carbocycles. The van der Waals surface area contributed by atoms with Gasteiger partial charge in [0.25, 0.3) is 0 Å². The molecular formula is C8H12O2. The zero-order valence-electron chi connectivity index (χ0n) is 6.39. The number of carbonyl (C=O) groups excluding carboxylic acids is 1. The Morgan fingerprint density at radius 2 is 2.20 bits per heavy atom. The SMILES string of the molecule is CC1(C)CC=CCOC1=O. The third-order valence-corrected chi connectivity index (χ3v) is 1.66. The predicted octanol–water partition coefficient (Wildman–Crippen LogP) is 1.52. The van der Waals surface area contributed by atoms with Gasteiger partial charge in [0.15, 0.2) is 0 Å². The van der Waals surface area contributed by atoms with E-state index >= 15 is 0 Å². The zero-order chi connectivity index (χ0) is 7.61. The second kappa shape index (κ2) is 2.45. The van der Waals surface area contributed by atoms with Crippen LogP contribution in [0.25, 0.3) is 0 Å². The Bertz CT molecular complexity index is 168. The average Bonchev–Trinajstić information content (AvgIpc) is 1.96. The lowest BCUT2D eigenvalue weighted by atomic mass is 9.90. The highest BCUT2D eigenvalue weighted by molar-refractivity contribution is 5.76. The Kier molecular flexibility index (Phi) is 1.79. The van der Waals surface area contributed by atoms with Gasteiger partial charge in [0.05, 0.1) is 5.41 Å². The summed E-state index contributed by atoms with van der Waals surface area (Å²) in [7, 11) is 0. The first-order valence-electron chi connectivity index (χ1n) is 3.45. The van der Waals surface area contributed by atoms with E-state index in [1.807, 2.05) is 26.0 Å². The molecule has 0 spiro atoms. The fourth-order valence-corrected chi connectivity index (χ4v) is 0.849. The standard InChI is InChI=1S/C8H12O2/c1-8(2)5-3-4-6-10-7(8)9/h3-4H,5-6H2,1-2H3. The molecule has 1 heterocycles. The molecule has 2 heteroatoms. The van der Waals surface area contributed by atoms with E-state index in [4.69, 9.17) is 4.74 Å². The highest BCUT2D eigenvalue weighted by atomic mass is 16.5. The third kappa shape index (κ3) is 1.38. The quantitative estimate of drug-likeness (QED) is 0.376. The molecule has 0 saturated heterocycles. The summed E-state index contributed by atoms with van der Waals surface area (Å²) in [6.45, 7) is 4.22. The maximum Gasteiger partial charge on any atom is 0.312 e. The normalized spacial score (nSPS) is 23.6. The topological polar surface area (TPSA) is 26.3 Å². The maximum atomic E-state index is 11.1. The molecule has 0 atom stereocenters. The molecule has 0 aromatic carbocycles. The molecule has 1 rings (SSSR count). The Labute approximate surface area is 60.9 Å². The van der Waals surface area contributed by atoms with Crippen molar-refractivity contribution in [1.82, 2.24) is 0 Å². The molecule has 0 aromatic rings. The van der Waals surface area contributed by atoms with Crippen molar-refractivity contribution in [3.8, 4) is 0 Å². The summed E-state index contributed by atoms with van der Waals surface area (Å²) in [6, 6.07) is 0. The van der Waals surface area contributed by atoms with Crippen LogP contribution in [0.15, 0.2) is 12.2 Å². The van der Waals surface area contributed by atoms with Crippen LogP contribution in [0.3, 0.4) is 0 Å². The van der Waals surface area contributed by atoms with E-state index in [1.165, 1.54) is 0 Å². The molecule has 0 N–H and O–H groups in total. The summed E-state index contributed by atoms with van der Waals surface area (Å²) in [5, 5.41) is 0. The fourth-order valence-electron chi connectivity index (χ4n) is 0.849. The van der Waals surface area contributed by atoms with Gasteiger partial charge in [-0.25, -0.2) is 0 Å². The summed E-state index contributed by atoms with van der Waals surface area (Å²) in [5.41, 5.74) is -0.326. The minimum atomic E-state index is -0.326. The van der Waals surface area contributed by atoms with Gasteiger partial charge in [0.1, 0.15) is 6.61 Å². The van der Waals surface area contributed by atoms with Crippen LogP contribution in [-0.2, 0) is 9.53 Å². The first-order chi connectivity index (χ1) is 4.63. The summed E-state index contributed by atoms with van der Waals surface area (Å²) in [4.78, 5) is 11.1. The largest absolute Gasteiger partial charge is 0.461 e. The predicted molar refractivity (Wildman–Crippen MR) is 38.5 cm³/mol. The van der Waals surface area contributed by atoms with E-state index in [-0.39, 0.29) is 11.4 Å². The van der Waals surface area contributed by atoms with Crippen molar-refractivity contribution in [2.45, 2.75) is 20.3 Å². The Balaban J connectivity index is 2.71. The van der Waals surface area contributed by atoms with E-state index in [0.717, 1.165) is 6.42 Å². The number of rotatable bonds is 0. The van der Waals surface area contributed by atoms with Crippen molar-refractivity contribution >= 4 is 5.97 Å². The molecule has 10 heavy (non-hydrogen) atoms. The van der Waals surface area contributed by atoms with Gasteiger partial charge in [-0.3, -0.25) is 4.79 Å². The molecule has 0 unspecified atom stereocenters. The third-order valence-electron chi connectivity index (χ3n) is 1.66. The molecular weight excluding hydrogens is 128 g/mol. The first kappa shape index (κ1) is 7.32. The van der Waals surface area contributed by atoms with Crippen LogP contribution >= 0.6 is 0 Å². The molecule has 1 aliphatic rings. The number of esters is 1. The van der Waals surface area contributed by atoms with Gasteiger partial charge in [-0.05, 0) is 20.3 Å². The van der Waals surface area contributed by atoms with Crippen LogP contribution < -0.4 is 0 Å². The number of ether oxygens (including phenoxy) is 1. The molecule has 0 amide bonds. The second-order valence-corrected chi connectivity index (χ2v) is 3.16. The summed E-state index contributed by atoms with van der Waals surface area (Å²) < 4.78 is 4.89. The lowest BCUT2D eigenvalue weighted by molar-refractivity contribution is -0.151. The van der Waals surface area contributed by atoms with Crippen LogP contribution in [0, 0.1) is 5.41 Å². The van der Waals surface area contributed by atoms with E-state index in [2.05, 4.69) is 0 Å².